The smallest absolute Gasteiger partial charge is 0.252 e. The van der Waals surface area contributed by atoms with Gasteiger partial charge in [0.2, 0.25) is 0 Å². The average molecular weight is 257 g/mol. The lowest BCUT2D eigenvalue weighted by Crippen LogP contribution is -2.25. The van der Waals surface area contributed by atoms with Gasteiger partial charge in [0.05, 0.1) is 10.6 Å². The Bertz CT molecular complexity index is 460. The van der Waals surface area contributed by atoms with Gasteiger partial charge in [0, 0.05) is 18.0 Å². The fourth-order valence-corrected chi connectivity index (χ4v) is 1.38. The Kier molecular flexibility index (Phi) is 5.26. The van der Waals surface area contributed by atoms with Crippen molar-refractivity contribution in [3.8, 4) is 0 Å². The van der Waals surface area contributed by atoms with Gasteiger partial charge in [-0.15, -0.1) is 0 Å². The maximum Gasteiger partial charge on any atom is 0.252 e. The van der Waals surface area contributed by atoms with Crippen LogP contribution in [0.2, 0.25) is 5.02 Å². The van der Waals surface area contributed by atoms with E-state index >= 15 is 0 Å². The van der Waals surface area contributed by atoms with E-state index in [0.29, 0.717) is 19.5 Å². The van der Waals surface area contributed by atoms with E-state index in [-0.39, 0.29) is 10.6 Å². The summed E-state index contributed by atoms with van der Waals surface area (Å²) in [6.45, 7) is 0.637. The van der Waals surface area contributed by atoms with Crippen molar-refractivity contribution in [2.45, 2.75) is 6.42 Å². The van der Waals surface area contributed by atoms with Crippen molar-refractivity contribution in [1.29, 1.82) is 0 Å². The second-order valence-corrected chi connectivity index (χ2v) is 3.54. The number of azide groups is 1. The van der Waals surface area contributed by atoms with Gasteiger partial charge in [0.15, 0.2) is 0 Å². The zero-order valence-electron chi connectivity index (χ0n) is 8.86. The Balaban J connectivity index is 2.52. The monoisotopic (exact) mass is 256 g/mol. The van der Waals surface area contributed by atoms with Crippen molar-refractivity contribution in [2.24, 2.45) is 5.11 Å². The van der Waals surface area contributed by atoms with Gasteiger partial charge >= 0.3 is 0 Å². The van der Waals surface area contributed by atoms with E-state index < -0.39 is 11.7 Å². The third-order valence-corrected chi connectivity index (χ3v) is 2.36. The summed E-state index contributed by atoms with van der Waals surface area (Å²) in [7, 11) is 0. The molecule has 0 radical (unpaired) electrons. The number of halogens is 2. The van der Waals surface area contributed by atoms with Gasteiger partial charge in [-0.3, -0.25) is 4.79 Å². The second kappa shape index (κ2) is 6.73. The lowest BCUT2D eigenvalue weighted by atomic mass is 10.2. The van der Waals surface area contributed by atoms with Gasteiger partial charge in [0.1, 0.15) is 5.82 Å². The van der Waals surface area contributed by atoms with Crippen LogP contribution in [0, 0.1) is 5.82 Å². The molecule has 0 fully saturated rings. The van der Waals surface area contributed by atoms with Crippen LogP contribution in [0.15, 0.2) is 23.3 Å². The van der Waals surface area contributed by atoms with Gasteiger partial charge in [-0.1, -0.05) is 22.8 Å². The molecule has 0 bridgehead atoms. The predicted molar refractivity (Wildman–Crippen MR) is 62.4 cm³/mol. The Labute approximate surface area is 102 Å². The largest absolute Gasteiger partial charge is 0.352 e. The van der Waals surface area contributed by atoms with Crippen molar-refractivity contribution < 1.29 is 9.18 Å². The van der Waals surface area contributed by atoms with E-state index in [2.05, 4.69) is 15.3 Å². The van der Waals surface area contributed by atoms with Gasteiger partial charge in [-0.2, -0.15) is 0 Å². The van der Waals surface area contributed by atoms with E-state index in [1.165, 1.54) is 18.2 Å². The first-order valence-electron chi connectivity index (χ1n) is 4.90. The number of benzene rings is 1. The molecule has 90 valence electrons. The topological polar surface area (TPSA) is 77.9 Å². The molecule has 7 heteroatoms. The van der Waals surface area contributed by atoms with Gasteiger partial charge in [0.25, 0.3) is 5.91 Å². The van der Waals surface area contributed by atoms with Crippen molar-refractivity contribution >= 4 is 17.5 Å². The molecule has 5 nitrogen and oxygen atoms in total. The summed E-state index contributed by atoms with van der Waals surface area (Å²) in [5, 5.41) is 5.67. The highest BCUT2D eigenvalue weighted by molar-refractivity contribution is 6.34. The number of hydrogen-bond acceptors (Lipinski definition) is 2. The molecule has 0 spiro atoms. The molecule has 0 saturated carbocycles. The molecule has 1 aromatic carbocycles. The molecule has 0 aliphatic heterocycles. The number of nitrogens with one attached hydrogen (secondary N) is 1. The molecular weight excluding hydrogens is 247 g/mol. The summed E-state index contributed by atoms with van der Waals surface area (Å²) < 4.78 is 13.1. The summed E-state index contributed by atoms with van der Waals surface area (Å²) in [6, 6.07) is 4.03. The average Bonchev–Trinajstić information content (AvgIpc) is 2.32. The number of amides is 1. The molecule has 0 heterocycles. The number of nitrogens with zero attached hydrogens (tertiary/aromatic N) is 3. The van der Waals surface area contributed by atoms with Gasteiger partial charge in [-0.05, 0) is 24.1 Å². The van der Waals surface area contributed by atoms with Crippen LogP contribution in [-0.2, 0) is 0 Å². The first-order valence-corrected chi connectivity index (χ1v) is 5.27. The molecule has 0 atom stereocenters. The van der Waals surface area contributed by atoms with Crippen molar-refractivity contribution in [3.05, 3.63) is 45.0 Å². The molecule has 1 N–H and O–H groups in total. The van der Waals surface area contributed by atoms with Crippen molar-refractivity contribution in [3.63, 3.8) is 0 Å². The third kappa shape index (κ3) is 3.94. The summed E-state index contributed by atoms with van der Waals surface area (Å²) in [5.74, 6) is -1.08. The zero-order valence-corrected chi connectivity index (χ0v) is 9.62. The Morgan fingerprint density at radius 2 is 2.35 bits per heavy atom. The zero-order chi connectivity index (χ0) is 12.7. The lowest BCUT2D eigenvalue weighted by Gasteiger charge is -2.06. The lowest BCUT2D eigenvalue weighted by molar-refractivity contribution is 0.0953. The van der Waals surface area contributed by atoms with Crippen LogP contribution in [0.1, 0.15) is 16.8 Å². The molecular formula is C10H10ClFN4O. The fraction of sp³-hybridized carbons (Fsp3) is 0.300. The first kappa shape index (κ1) is 13.3. The van der Waals surface area contributed by atoms with E-state index in [4.69, 9.17) is 17.1 Å². The summed E-state index contributed by atoms with van der Waals surface area (Å²) >= 11 is 5.65. The van der Waals surface area contributed by atoms with E-state index in [0.717, 1.165) is 0 Å². The molecule has 0 aromatic heterocycles. The molecule has 0 unspecified atom stereocenters. The number of hydrogen-bond donors (Lipinski definition) is 1. The van der Waals surface area contributed by atoms with Crippen molar-refractivity contribution in [1.82, 2.24) is 5.32 Å². The molecule has 1 amide bonds. The minimum Gasteiger partial charge on any atom is -0.352 e. The third-order valence-electron chi connectivity index (χ3n) is 1.98. The van der Waals surface area contributed by atoms with Crippen LogP contribution < -0.4 is 5.32 Å². The standard InChI is InChI=1S/C10H10ClFN4O/c11-9-7(3-1-4-8(9)12)10(17)14-5-2-6-15-16-13/h1,3-4H,2,5-6H2,(H,14,17). The second-order valence-electron chi connectivity index (χ2n) is 3.17. The normalized spacial score (nSPS) is 9.53. The molecule has 1 rings (SSSR count). The van der Waals surface area contributed by atoms with Crippen LogP contribution >= 0.6 is 11.6 Å². The Morgan fingerprint density at radius 1 is 1.59 bits per heavy atom. The van der Waals surface area contributed by atoms with E-state index in [1.807, 2.05) is 0 Å². The quantitative estimate of drug-likeness (QED) is 0.374. The maximum absolute atomic E-state index is 13.1. The number of carbonyl (C=O) groups excluding carboxylic acids is 1. The minimum absolute atomic E-state index is 0.0930. The molecule has 17 heavy (non-hydrogen) atoms. The van der Waals surface area contributed by atoms with Crippen LogP contribution in [-0.4, -0.2) is 19.0 Å². The van der Waals surface area contributed by atoms with Crippen LogP contribution in [0.5, 0.6) is 0 Å². The van der Waals surface area contributed by atoms with E-state index in [1.54, 1.807) is 0 Å². The minimum atomic E-state index is -0.631. The fourth-order valence-electron chi connectivity index (χ4n) is 1.17. The Morgan fingerprint density at radius 3 is 3.06 bits per heavy atom. The maximum atomic E-state index is 13.1. The number of rotatable bonds is 5. The Hall–Kier alpha value is -1.78. The molecule has 0 saturated heterocycles. The highest BCUT2D eigenvalue weighted by atomic mass is 35.5. The first-order chi connectivity index (χ1) is 8.16. The molecule has 0 aliphatic rings. The predicted octanol–water partition coefficient (Wildman–Crippen LogP) is 2.91. The van der Waals surface area contributed by atoms with Gasteiger partial charge in [-0.25, -0.2) is 4.39 Å². The molecule has 0 aliphatic carbocycles. The SMILES string of the molecule is [N-]=[N+]=NCCCNC(=O)c1cccc(F)c1Cl. The van der Waals surface area contributed by atoms with Crippen molar-refractivity contribution in [2.75, 3.05) is 13.1 Å². The summed E-state index contributed by atoms with van der Waals surface area (Å²) in [5.41, 5.74) is 8.12. The highest BCUT2D eigenvalue weighted by Gasteiger charge is 2.12. The summed E-state index contributed by atoms with van der Waals surface area (Å²) in [4.78, 5) is 14.2. The highest BCUT2D eigenvalue weighted by Crippen LogP contribution is 2.19. The summed E-state index contributed by atoms with van der Waals surface area (Å²) in [6.07, 6.45) is 0.517. The molecule has 1 aromatic rings. The van der Waals surface area contributed by atoms with E-state index in [9.17, 15) is 9.18 Å². The van der Waals surface area contributed by atoms with Gasteiger partial charge < -0.3 is 5.32 Å². The van der Waals surface area contributed by atoms with Crippen LogP contribution in [0.4, 0.5) is 4.39 Å². The van der Waals surface area contributed by atoms with Crippen LogP contribution in [0.3, 0.4) is 0 Å². The van der Waals surface area contributed by atoms with Crippen LogP contribution in [0.25, 0.3) is 10.4 Å². The number of carbonyl (C=O) groups is 1.